The maximum absolute atomic E-state index is 10.7. The molecule has 0 aliphatic rings. The van der Waals surface area contributed by atoms with Gasteiger partial charge >= 0.3 is 5.97 Å². The van der Waals surface area contributed by atoms with Gasteiger partial charge in [-0.1, -0.05) is 34.8 Å². The van der Waals surface area contributed by atoms with Crippen molar-refractivity contribution in [1.29, 1.82) is 0 Å². The van der Waals surface area contributed by atoms with E-state index in [0.717, 1.165) is 0 Å². The molecule has 0 spiro atoms. The number of nitrogens with zero attached hydrogens (tertiary/aromatic N) is 1. The van der Waals surface area contributed by atoms with Crippen molar-refractivity contribution in [1.82, 2.24) is 4.98 Å². The molecule has 0 saturated heterocycles. The Morgan fingerprint density at radius 3 is 2.45 bits per heavy atom. The average molecular weight is 332 g/mol. The summed E-state index contributed by atoms with van der Waals surface area (Å²) in [5.74, 6) is -0.978. The number of benzene rings is 1. The Hall–Kier alpha value is -1.49. The molecular weight excluding hydrogens is 323 g/mol. The second kappa shape index (κ2) is 5.87. The van der Waals surface area contributed by atoms with E-state index in [0.29, 0.717) is 37.7 Å². The molecule has 0 amide bonds. The first-order chi connectivity index (χ1) is 9.38. The first-order valence-electron chi connectivity index (χ1n) is 5.50. The molecule has 7 heteroatoms. The van der Waals surface area contributed by atoms with Crippen LogP contribution in [0.25, 0.3) is 11.3 Å². The SMILES string of the molecule is Nc1ccc(CC(=O)O)nc1-c1cc(Cl)c(Cl)cc1Cl. The number of aliphatic carboxylic acids is 1. The number of nitrogen functional groups attached to an aromatic ring is 1. The van der Waals surface area contributed by atoms with Gasteiger partial charge in [-0.2, -0.15) is 0 Å². The number of hydrogen-bond donors (Lipinski definition) is 2. The Balaban J connectivity index is 2.57. The number of rotatable bonds is 3. The number of halogens is 3. The summed E-state index contributed by atoms with van der Waals surface area (Å²) < 4.78 is 0. The zero-order valence-corrected chi connectivity index (χ0v) is 12.3. The number of carboxylic acid groups (broad SMARTS) is 1. The number of pyridine rings is 1. The molecule has 0 radical (unpaired) electrons. The van der Waals surface area contributed by atoms with Gasteiger partial charge in [-0.25, -0.2) is 4.98 Å². The van der Waals surface area contributed by atoms with Gasteiger partial charge in [0, 0.05) is 5.56 Å². The Bertz CT molecular complexity index is 690. The second-order valence-corrected chi connectivity index (χ2v) is 5.28. The van der Waals surface area contributed by atoms with E-state index in [2.05, 4.69) is 4.98 Å². The monoisotopic (exact) mass is 330 g/mol. The fourth-order valence-corrected chi connectivity index (χ4v) is 2.32. The van der Waals surface area contributed by atoms with Gasteiger partial charge in [-0.15, -0.1) is 0 Å². The van der Waals surface area contributed by atoms with Crippen LogP contribution in [0.3, 0.4) is 0 Å². The maximum Gasteiger partial charge on any atom is 0.309 e. The van der Waals surface area contributed by atoms with Crippen molar-refractivity contribution in [3.05, 3.63) is 45.0 Å². The van der Waals surface area contributed by atoms with Crippen molar-refractivity contribution in [2.45, 2.75) is 6.42 Å². The molecule has 104 valence electrons. The molecule has 3 N–H and O–H groups in total. The van der Waals surface area contributed by atoms with E-state index in [4.69, 9.17) is 45.6 Å². The molecule has 0 saturated carbocycles. The van der Waals surface area contributed by atoms with Crippen molar-refractivity contribution >= 4 is 46.5 Å². The highest BCUT2D eigenvalue weighted by Gasteiger charge is 2.13. The normalized spacial score (nSPS) is 10.6. The van der Waals surface area contributed by atoms with Crippen LogP contribution >= 0.6 is 34.8 Å². The molecule has 0 aliphatic carbocycles. The van der Waals surface area contributed by atoms with Crippen LogP contribution in [0.1, 0.15) is 5.69 Å². The Morgan fingerprint density at radius 1 is 1.15 bits per heavy atom. The average Bonchev–Trinajstić information content (AvgIpc) is 2.36. The number of aromatic nitrogens is 1. The van der Waals surface area contributed by atoms with Crippen LogP contribution in [0.15, 0.2) is 24.3 Å². The summed E-state index contributed by atoms with van der Waals surface area (Å²) in [6.45, 7) is 0. The van der Waals surface area contributed by atoms with Crippen molar-refractivity contribution in [3.63, 3.8) is 0 Å². The van der Waals surface area contributed by atoms with Gasteiger partial charge in [-0.3, -0.25) is 4.79 Å². The lowest BCUT2D eigenvalue weighted by atomic mass is 10.1. The highest BCUT2D eigenvalue weighted by Crippen LogP contribution is 2.36. The third-order valence-corrected chi connectivity index (χ3v) is 3.62. The molecule has 2 aromatic rings. The molecule has 0 aliphatic heterocycles. The molecule has 1 aromatic heterocycles. The number of nitrogens with two attached hydrogens (primary N) is 1. The van der Waals surface area contributed by atoms with E-state index in [-0.39, 0.29) is 6.42 Å². The molecule has 0 unspecified atom stereocenters. The molecule has 0 atom stereocenters. The van der Waals surface area contributed by atoms with Crippen molar-refractivity contribution in [3.8, 4) is 11.3 Å². The Morgan fingerprint density at radius 2 is 1.80 bits per heavy atom. The van der Waals surface area contributed by atoms with Gasteiger partial charge in [0.05, 0.1) is 38.6 Å². The zero-order valence-electron chi connectivity index (χ0n) is 10.0. The van der Waals surface area contributed by atoms with Crippen LogP contribution in [0.4, 0.5) is 5.69 Å². The number of anilines is 1. The molecule has 2 rings (SSSR count). The minimum absolute atomic E-state index is 0.202. The summed E-state index contributed by atoms with van der Waals surface area (Å²) in [7, 11) is 0. The summed E-state index contributed by atoms with van der Waals surface area (Å²) in [6.07, 6.45) is -0.202. The van der Waals surface area contributed by atoms with Crippen LogP contribution in [-0.4, -0.2) is 16.1 Å². The Labute approximate surface area is 130 Å². The van der Waals surface area contributed by atoms with E-state index in [1.54, 1.807) is 18.2 Å². The number of hydrogen-bond acceptors (Lipinski definition) is 3. The summed E-state index contributed by atoms with van der Waals surface area (Å²) in [4.78, 5) is 15.0. The lowest BCUT2D eigenvalue weighted by Gasteiger charge is -2.10. The summed E-state index contributed by atoms with van der Waals surface area (Å²) in [5.41, 5.74) is 7.50. The first-order valence-corrected chi connectivity index (χ1v) is 6.64. The molecular formula is C13H9Cl3N2O2. The molecule has 0 fully saturated rings. The highest BCUT2D eigenvalue weighted by molar-refractivity contribution is 6.44. The van der Waals surface area contributed by atoms with Crippen molar-refractivity contribution in [2.75, 3.05) is 5.73 Å². The largest absolute Gasteiger partial charge is 0.481 e. The van der Waals surface area contributed by atoms with E-state index >= 15 is 0 Å². The smallest absolute Gasteiger partial charge is 0.309 e. The third kappa shape index (κ3) is 3.15. The first kappa shape index (κ1) is 14.9. The van der Waals surface area contributed by atoms with Gasteiger partial charge in [0.15, 0.2) is 0 Å². The van der Waals surface area contributed by atoms with Gasteiger partial charge in [0.1, 0.15) is 0 Å². The van der Waals surface area contributed by atoms with Gasteiger partial charge in [0.25, 0.3) is 0 Å². The van der Waals surface area contributed by atoms with Crippen LogP contribution in [0, 0.1) is 0 Å². The highest BCUT2D eigenvalue weighted by atomic mass is 35.5. The third-order valence-electron chi connectivity index (χ3n) is 2.58. The lowest BCUT2D eigenvalue weighted by molar-refractivity contribution is -0.136. The van der Waals surface area contributed by atoms with E-state index in [1.165, 1.54) is 6.07 Å². The predicted octanol–water partition coefficient (Wildman–Crippen LogP) is 3.92. The van der Waals surface area contributed by atoms with Crippen molar-refractivity contribution < 1.29 is 9.90 Å². The lowest BCUT2D eigenvalue weighted by Crippen LogP contribution is -2.04. The fraction of sp³-hybridized carbons (Fsp3) is 0.0769. The van der Waals surface area contributed by atoms with E-state index < -0.39 is 5.97 Å². The number of carboxylic acids is 1. The van der Waals surface area contributed by atoms with Gasteiger partial charge in [0.2, 0.25) is 0 Å². The zero-order chi connectivity index (χ0) is 14.9. The summed E-state index contributed by atoms with van der Waals surface area (Å²) in [6, 6.07) is 6.18. The molecule has 0 bridgehead atoms. The second-order valence-electron chi connectivity index (χ2n) is 4.06. The van der Waals surface area contributed by atoms with E-state index in [9.17, 15) is 4.79 Å². The Kier molecular flexibility index (Phi) is 4.38. The molecule has 1 aromatic carbocycles. The van der Waals surface area contributed by atoms with Crippen molar-refractivity contribution in [2.24, 2.45) is 0 Å². The number of carbonyl (C=O) groups is 1. The van der Waals surface area contributed by atoms with Crippen LogP contribution < -0.4 is 5.73 Å². The quantitative estimate of drug-likeness (QED) is 0.836. The predicted molar refractivity (Wildman–Crippen MR) is 80.5 cm³/mol. The standard InChI is InChI=1S/C13H9Cl3N2O2/c14-8-5-10(16)9(15)4-7(8)13-11(17)2-1-6(18-13)3-12(19)20/h1-2,4-5H,3,17H2,(H,19,20). The van der Waals surface area contributed by atoms with Crippen LogP contribution in [0.5, 0.6) is 0 Å². The molecule has 1 heterocycles. The fourth-order valence-electron chi connectivity index (χ4n) is 1.68. The minimum atomic E-state index is -0.978. The molecule has 4 nitrogen and oxygen atoms in total. The topological polar surface area (TPSA) is 76.2 Å². The minimum Gasteiger partial charge on any atom is -0.481 e. The summed E-state index contributed by atoms with van der Waals surface area (Å²) >= 11 is 17.9. The van der Waals surface area contributed by atoms with Gasteiger partial charge in [-0.05, 0) is 24.3 Å². The summed E-state index contributed by atoms with van der Waals surface area (Å²) in [5, 5.41) is 9.77. The maximum atomic E-state index is 10.7. The van der Waals surface area contributed by atoms with Crippen LogP contribution in [0.2, 0.25) is 15.1 Å². The molecule has 20 heavy (non-hydrogen) atoms. The van der Waals surface area contributed by atoms with Crippen LogP contribution in [-0.2, 0) is 11.2 Å². The van der Waals surface area contributed by atoms with E-state index in [1.807, 2.05) is 0 Å². The van der Waals surface area contributed by atoms with Gasteiger partial charge < -0.3 is 10.8 Å².